The molecule has 0 saturated heterocycles. The number of nitrogens with one attached hydrogen (secondary N) is 1. The van der Waals surface area contributed by atoms with Crippen LogP contribution in [0, 0.1) is 0 Å². The van der Waals surface area contributed by atoms with Crippen LogP contribution in [0.15, 0.2) is 22.7 Å². The van der Waals surface area contributed by atoms with E-state index < -0.39 is 12.0 Å². The van der Waals surface area contributed by atoms with E-state index in [0.29, 0.717) is 13.0 Å². The molecule has 0 spiro atoms. The number of rotatable bonds is 1. The Hall–Kier alpha value is -0.580. The van der Waals surface area contributed by atoms with Crippen LogP contribution in [0.25, 0.3) is 0 Å². The maximum atomic E-state index is 10.8. The van der Waals surface area contributed by atoms with E-state index in [0.717, 1.165) is 10.0 Å². The van der Waals surface area contributed by atoms with Crippen LogP contribution in [0.2, 0.25) is 0 Å². The standard InChI is InChI=1S/C10H10BrNO2.ClH/c11-8-2-1-6-4-9(10(13)14)12-5-7(6)3-8;/h1-3,9,12H,4-5H2,(H,13,14);1H/t9-;/m0./s1. The van der Waals surface area contributed by atoms with E-state index in [1.807, 2.05) is 18.2 Å². The molecule has 0 saturated carbocycles. The SMILES string of the molecule is Cl.O=C(O)[C@@H]1Cc2ccc(Br)cc2CN1. The second-order valence-corrected chi connectivity index (χ2v) is 4.30. The Bertz CT molecular complexity index is 384. The number of halogens is 2. The van der Waals surface area contributed by atoms with Gasteiger partial charge >= 0.3 is 5.97 Å². The normalized spacial score (nSPS) is 18.9. The predicted octanol–water partition coefficient (Wildman–Crippen LogP) is 1.97. The van der Waals surface area contributed by atoms with Crippen molar-refractivity contribution in [3.8, 4) is 0 Å². The zero-order chi connectivity index (χ0) is 10.1. The van der Waals surface area contributed by atoms with E-state index in [2.05, 4.69) is 21.2 Å². The molecule has 0 unspecified atom stereocenters. The molecule has 1 aliphatic heterocycles. The van der Waals surface area contributed by atoms with Gasteiger partial charge in [-0.1, -0.05) is 22.0 Å². The zero-order valence-electron chi connectivity index (χ0n) is 7.87. The van der Waals surface area contributed by atoms with Gasteiger partial charge in [0.05, 0.1) is 0 Å². The minimum absolute atomic E-state index is 0. The van der Waals surface area contributed by atoms with E-state index >= 15 is 0 Å². The lowest BCUT2D eigenvalue weighted by Crippen LogP contribution is -2.41. The van der Waals surface area contributed by atoms with Crippen LogP contribution in [-0.4, -0.2) is 17.1 Å². The molecular weight excluding hydrogens is 281 g/mol. The molecule has 0 fully saturated rings. The Morgan fingerprint density at radius 3 is 2.87 bits per heavy atom. The highest BCUT2D eigenvalue weighted by Gasteiger charge is 2.23. The number of benzene rings is 1. The highest BCUT2D eigenvalue weighted by atomic mass is 79.9. The fourth-order valence-corrected chi connectivity index (χ4v) is 2.07. The van der Waals surface area contributed by atoms with Gasteiger partial charge in [0.2, 0.25) is 0 Å². The minimum atomic E-state index is -0.779. The Kier molecular flexibility index (Phi) is 4.13. The smallest absolute Gasteiger partial charge is 0.321 e. The third kappa shape index (κ3) is 2.71. The molecular formula is C10H11BrClNO2. The van der Waals surface area contributed by atoms with E-state index in [1.165, 1.54) is 5.56 Å². The highest BCUT2D eigenvalue weighted by molar-refractivity contribution is 9.10. The van der Waals surface area contributed by atoms with Crippen molar-refractivity contribution in [3.63, 3.8) is 0 Å². The van der Waals surface area contributed by atoms with Crippen LogP contribution >= 0.6 is 28.3 Å². The van der Waals surface area contributed by atoms with Gasteiger partial charge in [-0.25, -0.2) is 0 Å². The second-order valence-electron chi connectivity index (χ2n) is 3.39. The first-order valence-corrected chi connectivity index (χ1v) is 5.19. The molecule has 15 heavy (non-hydrogen) atoms. The first-order chi connectivity index (χ1) is 6.66. The van der Waals surface area contributed by atoms with Crippen LogP contribution in [0.1, 0.15) is 11.1 Å². The summed E-state index contributed by atoms with van der Waals surface area (Å²) in [6.45, 7) is 0.631. The van der Waals surface area contributed by atoms with Gasteiger partial charge in [0.15, 0.2) is 0 Å². The fraction of sp³-hybridized carbons (Fsp3) is 0.300. The number of hydrogen-bond acceptors (Lipinski definition) is 2. The number of fused-ring (bicyclic) bond motifs is 1. The fourth-order valence-electron chi connectivity index (χ4n) is 1.66. The van der Waals surface area contributed by atoms with Crippen molar-refractivity contribution >= 4 is 34.3 Å². The quantitative estimate of drug-likeness (QED) is 0.832. The molecule has 1 aromatic carbocycles. The van der Waals surface area contributed by atoms with Gasteiger partial charge in [-0.15, -0.1) is 12.4 Å². The molecule has 1 heterocycles. The van der Waals surface area contributed by atoms with Crippen LogP contribution in [-0.2, 0) is 17.8 Å². The lowest BCUT2D eigenvalue weighted by molar-refractivity contribution is -0.139. The van der Waals surface area contributed by atoms with Gasteiger partial charge in [0, 0.05) is 11.0 Å². The van der Waals surface area contributed by atoms with Crippen molar-refractivity contribution in [3.05, 3.63) is 33.8 Å². The predicted molar refractivity (Wildman–Crippen MR) is 63.4 cm³/mol. The van der Waals surface area contributed by atoms with Crippen molar-refractivity contribution in [2.45, 2.75) is 19.0 Å². The maximum Gasteiger partial charge on any atom is 0.321 e. The third-order valence-electron chi connectivity index (χ3n) is 2.43. The first-order valence-electron chi connectivity index (χ1n) is 4.40. The number of aliphatic carboxylic acids is 1. The summed E-state index contributed by atoms with van der Waals surface area (Å²) in [6.07, 6.45) is 0.567. The molecule has 3 nitrogen and oxygen atoms in total. The molecule has 1 aliphatic rings. The number of carboxylic acid groups (broad SMARTS) is 1. The minimum Gasteiger partial charge on any atom is -0.480 e. The average molecular weight is 293 g/mol. The summed E-state index contributed by atoms with van der Waals surface area (Å²) in [4.78, 5) is 10.8. The summed E-state index contributed by atoms with van der Waals surface area (Å²) in [5.41, 5.74) is 2.30. The lowest BCUT2D eigenvalue weighted by Gasteiger charge is -2.23. The summed E-state index contributed by atoms with van der Waals surface area (Å²) in [5, 5.41) is 11.8. The molecule has 0 amide bonds. The monoisotopic (exact) mass is 291 g/mol. The van der Waals surface area contributed by atoms with Crippen molar-refractivity contribution < 1.29 is 9.90 Å². The van der Waals surface area contributed by atoms with E-state index in [4.69, 9.17) is 5.11 Å². The molecule has 0 aromatic heterocycles. The second kappa shape index (κ2) is 4.96. The van der Waals surface area contributed by atoms with Crippen molar-refractivity contribution in [2.75, 3.05) is 0 Å². The van der Waals surface area contributed by atoms with Crippen molar-refractivity contribution in [1.82, 2.24) is 5.32 Å². The Labute approximate surface area is 102 Å². The third-order valence-corrected chi connectivity index (χ3v) is 2.92. The Balaban J connectivity index is 0.00000112. The van der Waals surface area contributed by atoms with Gasteiger partial charge in [-0.05, 0) is 29.7 Å². The van der Waals surface area contributed by atoms with Gasteiger partial charge in [0.1, 0.15) is 6.04 Å². The molecule has 2 N–H and O–H groups in total. The van der Waals surface area contributed by atoms with Gasteiger partial charge in [-0.3, -0.25) is 4.79 Å². The topological polar surface area (TPSA) is 49.3 Å². The van der Waals surface area contributed by atoms with E-state index in [-0.39, 0.29) is 12.4 Å². The zero-order valence-corrected chi connectivity index (χ0v) is 10.3. The van der Waals surface area contributed by atoms with E-state index in [1.54, 1.807) is 0 Å². The molecule has 1 aromatic rings. The summed E-state index contributed by atoms with van der Waals surface area (Å²) in [5.74, 6) is -0.779. The van der Waals surface area contributed by atoms with E-state index in [9.17, 15) is 4.79 Å². The van der Waals surface area contributed by atoms with Gasteiger partial charge < -0.3 is 10.4 Å². The van der Waals surface area contributed by atoms with Crippen LogP contribution in [0.4, 0.5) is 0 Å². The summed E-state index contributed by atoms with van der Waals surface area (Å²) in [7, 11) is 0. The number of carbonyl (C=O) groups is 1. The maximum absolute atomic E-state index is 10.8. The Morgan fingerprint density at radius 2 is 2.20 bits per heavy atom. The van der Waals surface area contributed by atoms with Crippen molar-refractivity contribution in [1.29, 1.82) is 0 Å². The van der Waals surface area contributed by atoms with Gasteiger partial charge in [-0.2, -0.15) is 0 Å². The summed E-state index contributed by atoms with van der Waals surface area (Å²) in [6, 6.07) is 5.52. The first kappa shape index (κ1) is 12.5. The van der Waals surface area contributed by atoms with Crippen molar-refractivity contribution in [2.24, 2.45) is 0 Å². The average Bonchev–Trinajstić information content (AvgIpc) is 2.16. The van der Waals surface area contributed by atoms with Gasteiger partial charge in [0.25, 0.3) is 0 Å². The molecule has 2 rings (SSSR count). The van der Waals surface area contributed by atoms with Crippen LogP contribution in [0.3, 0.4) is 0 Å². The molecule has 0 radical (unpaired) electrons. The number of hydrogen-bond donors (Lipinski definition) is 2. The molecule has 1 atom stereocenters. The summed E-state index contributed by atoms with van der Waals surface area (Å²) < 4.78 is 1.03. The summed E-state index contributed by atoms with van der Waals surface area (Å²) >= 11 is 3.39. The Morgan fingerprint density at radius 1 is 1.47 bits per heavy atom. The molecule has 0 bridgehead atoms. The largest absolute Gasteiger partial charge is 0.480 e. The van der Waals surface area contributed by atoms with Crippen LogP contribution < -0.4 is 5.32 Å². The highest BCUT2D eigenvalue weighted by Crippen LogP contribution is 2.21. The van der Waals surface area contributed by atoms with Crippen LogP contribution in [0.5, 0.6) is 0 Å². The number of carboxylic acids is 1. The molecule has 82 valence electrons. The lowest BCUT2D eigenvalue weighted by atomic mass is 9.96. The molecule has 0 aliphatic carbocycles. The molecule has 5 heteroatoms.